The van der Waals surface area contributed by atoms with Crippen LogP contribution in [0.15, 0.2) is 80.5 Å². The van der Waals surface area contributed by atoms with Crippen LogP contribution in [0.5, 0.6) is 0 Å². The SMILES string of the molecule is Cc1c(-c2ccccc2)oc2c(C(=O)Nc3ccc(Br)cn3)cccc2c1=O. The van der Waals surface area contributed by atoms with Gasteiger partial charge in [-0.15, -0.1) is 0 Å². The van der Waals surface area contributed by atoms with Crippen LogP contribution in [0.25, 0.3) is 22.3 Å². The second kappa shape index (κ2) is 7.40. The van der Waals surface area contributed by atoms with Gasteiger partial charge < -0.3 is 9.73 Å². The van der Waals surface area contributed by atoms with Crippen LogP contribution < -0.4 is 10.7 Å². The summed E-state index contributed by atoms with van der Waals surface area (Å²) < 4.78 is 6.89. The average molecular weight is 435 g/mol. The maximum absolute atomic E-state index is 12.9. The summed E-state index contributed by atoms with van der Waals surface area (Å²) in [5.41, 5.74) is 1.66. The maximum atomic E-state index is 12.9. The van der Waals surface area contributed by atoms with Crippen LogP contribution in [0.1, 0.15) is 15.9 Å². The van der Waals surface area contributed by atoms with Crippen LogP contribution in [-0.2, 0) is 0 Å². The Morgan fingerprint density at radius 1 is 1.04 bits per heavy atom. The topological polar surface area (TPSA) is 72.2 Å². The maximum Gasteiger partial charge on any atom is 0.260 e. The molecule has 6 heteroatoms. The number of amides is 1. The second-order valence-electron chi connectivity index (χ2n) is 6.25. The molecule has 0 radical (unpaired) electrons. The van der Waals surface area contributed by atoms with Crippen molar-refractivity contribution in [1.82, 2.24) is 4.98 Å². The number of hydrogen-bond acceptors (Lipinski definition) is 4. The van der Waals surface area contributed by atoms with Gasteiger partial charge in [-0.05, 0) is 47.1 Å². The largest absolute Gasteiger partial charge is 0.455 e. The molecule has 0 aliphatic heterocycles. The quantitative estimate of drug-likeness (QED) is 0.482. The van der Waals surface area contributed by atoms with Crippen molar-refractivity contribution in [3.8, 4) is 11.3 Å². The predicted octanol–water partition coefficient (Wildman–Crippen LogP) is 5.18. The lowest BCUT2D eigenvalue weighted by Gasteiger charge is -2.10. The fourth-order valence-corrected chi connectivity index (χ4v) is 3.22. The van der Waals surface area contributed by atoms with E-state index in [0.717, 1.165) is 10.0 Å². The summed E-state index contributed by atoms with van der Waals surface area (Å²) in [7, 11) is 0. The Hall–Kier alpha value is -3.25. The highest BCUT2D eigenvalue weighted by atomic mass is 79.9. The number of rotatable bonds is 3. The zero-order chi connectivity index (χ0) is 19.7. The van der Waals surface area contributed by atoms with Crippen molar-refractivity contribution in [3.63, 3.8) is 0 Å². The van der Waals surface area contributed by atoms with E-state index in [1.54, 1.807) is 43.5 Å². The predicted molar refractivity (Wildman–Crippen MR) is 113 cm³/mol. The first-order chi connectivity index (χ1) is 13.5. The van der Waals surface area contributed by atoms with Crippen molar-refractivity contribution in [1.29, 1.82) is 0 Å². The number of halogens is 1. The molecule has 2 aromatic heterocycles. The van der Waals surface area contributed by atoms with Crippen molar-refractivity contribution >= 4 is 38.6 Å². The van der Waals surface area contributed by atoms with E-state index in [4.69, 9.17) is 4.42 Å². The van der Waals surface area contributed by atoms with Crippen LogP contribution in [0.4, 0.5) is 5.82 Å². The molecule has 0 atom stereocenters. The molecule has 0 fully saturated rings. The van der Waals surface area contributed by atoms with Gasteiger partial charge in [0.2, 0.25) is 0 Å². The van der Waals surface area contributed by atoms with Crippen LogP contribution in [0.3, 0.4) is 0 Å². The number of hydrogen-bond donors (Lipinski definition) is 1. The summed E-state index contributed by atoms with van der Waals surface area (Å²) in [6.45, 7) is 1.73. The number of fused-ring (bicyclic) bond motifs is 1. The number of nitrogens with one attached hydrogen (secondary N) is 1. The fraction of sp³-hybridized carbons (Fsp3) is 0.0455. The van der Waals surface area contributed by atoms with Crippen molar-refractivity contribution in [2.45, 2.75) is 6.92 Å². The van der Waals surface area contributed by atoms with E-state index in [9.17, 15) is 9.59 Å². The minimum Gasteiger partial charge on any atom is -0.455 e. The zero-order valence-electron chi connectivity index (χ0n) is 14.9. The molecule has 0 aliphatic carbocycles. The molecular weight excluding hydrogens is 420 g/mol. The first-order valence-electron chi connectivity index (χ1n) is 8.59. The highest BCUT2D eigenvalue weighted by Crippen LogP contribution is 2.27. The molecule has 0 saturated heterocycles. The second-order valence-corrected chi connectivity index (χ2v) is 7.17. The molecule has 0 saturated carbocycles. The number of para-hydroxylation sites is 1. The lowest BCUT2D eigenvalue weighted by atomic mass is 10.0. The van der Waals surface area contributed by atoms with Crippen LogP contribution >= 0.6 is 15.9 Å². The monoisotopic (exact) mass is 434 g/mol. The Morgan fingerprint density at radius 3 is 2.54 bits per heavy atom. The normalized spacial score (nSPS) is 10.8. The number of aromatic nitrogens is 1. The molecule has 28 heavy (non-hydrogen) atoms. The Balaban J connectivity index is 1.85. The molecule has 5 nitrogen and oxygen atoms in total. The average Bonchev–Trinajstić information content (AvgIpc) is 2.72. The molecule has 0 unspecified atom stereocenters. The molecule has 1 N–H and O–H groups in total. The highest BCUT2D eigenvalue weighted by Gasteiger charge is 2.18. The van der Waals surface area contributed by atoms with E-state index in [1.807, 2.05) is 30.3 Å². The summed E-state index contributed by atoms with van der Waals surface area (Å²) in [6, 6.07) is 17.8. The first kappa shape index (κ1) is 18.1. The molecule has 0 spiro atoms. The van der Waals surface area contributed by atoms with E-state index in [2.05, 4.69) is 26.2 Å². The number of carbonyl (C=O) groups is 1. The van der Waals surface area contributed by atoms with Crippen LogP contribution in [-0.4, -0.2) is 10.9 Å². The third-order valence-electron chi connectivity index (χ3n) is 4.39. The number of benzene rings is 2. The molecule has 1 amide bonds. The highest BCUT2D eigenvalue weighted by molar-refractivity contribution is 9.10. The van der Waals surface area contributed by atoms with Crippen molar-refractivity contribution in [2.24, 2.45) is 0 Å². The number of nitrogens with zero attached hydrogens (tertiary/aromatic N) is 1. The smallest absolute Gasteiger partial charge is 0.260 e. The first-order valence-corrected chi connectivity index (χ1v) is 9.38. The van der Waals surface area contributed by atoms with E-state index in [-0.39, 0.29) is 16.6 Å². The van der Waals surface area contributed by atoms with E-state index < -0.39 is 5.91 Å². The summed E-state index contributed by atoms with van der Waals surface area (Å²) in [4.78, 5) is 29.9. The molecule has 4 rings (SSSR count). The van der Waals surface area contributed by atoms with Gasteiger partial charge in [-0.2, -0.15) is 0 Å². The molecule has 0 aliphatic rings. The minimum atomic E-state index is -0.397. The number of pyridine rings is 1. The van der Waals surface area contributed by atoms with E-state index in [1.165, 1.54) is 0 Å². The zero-order valence-corrected chi connectivity index (χ0v) is 16.5. The van der Waals surface area contributed by atoms with E-state index in [0.29, 0.717) is 22.5 Å². The van der Waals surface area contributed by atoms with Gasteiger partial charge in [-0.3, -0.25) is 9.59 Å². The van der Waals surface area contributed by atoms with Crippen LogP contribution in [0, 0.1) is 6.92 Å². The van der Waals surface area contributed by atoms with Gasteiger partial charge in [-0.25, -0.2) is 4.98 Å². The summed E-state index contributed by atoms with van der Waals surface area (Å²) >= 11 is 3.31. The lowest BCUT2D eigenvalue weighted by Crippen LogP contribution is -2.15. The van der Waals surface area contributed by atoms with Crippen molar-refractivity contribution < 1.29 is 9.21 Å². The minimum absolute atomic E-state index is 0.156. The van der Waals surface area contributed by atoms with Gasteiger partial charge in [0.15, 0.2) is 11.0 Å². The molecular formula is C22H15BrN2O3. The Kier molecular flexibility index (Phi) is 4.79. The van der Waals surface area contributed by atoms with Gasteiger partial charge >= 0.3 is 0 Å². The summed E-state index contributed by atoms with van der Waals surface area (Å²) in [5, 5.41) is 3.11. The third kappa shape index (κ3) is 3.34. The molecule has 2 heterocycles. The van der Waals surface area contributed by atoms with Gasteiger partial charge in [0, 0.05) is 21.8 Å². The lowest BCUT2D eigenvalue weighted by molar-refractivity contribution is 0.102. The van der Waals surface area contributed by atoms with Gasteiger partial charge in [0.05, 0.1) is 10.9 Å². The standard InChI is InChI=1S/C22H15BrN2O3/c1-13-19(26)16-8-5-9-17(22(27)25-18-11-10-15(23)12-24-18)21(16)28-20(13)14-6-3-2-4-7-14/h2-12H,1H3,(H,24,25,27). The molecule has 2 aromatic carbocycles. The summed E-state index contributed by atoms with van der Waals surface area (Å²) in [6.07, 6.45) is 1.59. The van der Waals surface area contributed by atoms with Gasteiger partial charge in [0.25, 0.3) is 5.91 Å². The van der Waals surface area contributed by atoms with Crippen molar-refractivity contribution in [2.75, 3.05) is 5.32 Å². The Morgan fingerprint density at radius 2 is 1.82 bits per heavy atom. The molecule has 4 aromatic rings. The van der Waals surface area contributed by atoms with Gasteiger partial charge in [-0.1, -0.05) is 36.4 Å². The number of carbonyl (C=O) groups excluding carboxylic acids is 1. The van der Waals surface area contributed by atoms with Crippen LogP contribution in [0.2, 0.25) is 0 Å². The number of anilines is 1. The van der Waals surface area contributed by atoms with Crippen molar-refractivity contribution in [3.05, 3.63) is 92.7 Å². The Bertz CT molecular complexity index is 1230. The molecule has 0 bridgehead atoms. The fourth-order valence-electron chi connectivity index (χ4n) is 2.99. The summed E-state index contributed by atoms with van der Waals surface area (Å²) in [5.74, 6) is 0.467. The Labute approximate surface area is 169 Å². The van der Waals surface area contributed by atoms with Gasteiger partial charge in [0.1, 0.15) is 11.6 Å². The third-order valence-corrected chi connectivity index (χ3v) is 4.86. The molecule has 138 valence electrons. The van der Waals surface area contributed by atoms with E-state index >= 15 is 0 Å².